The predicted octanol–water partition coefficient (Wildman–Crippen LogP) is 5.77. The van der Waals surface area contributed by atoms with Crippen LogP contribution in [0.1, 0.15) is 40.9 Å². The topological polar surface area (TPSA) is 89.0 Å². The third-order valence-electron chi connectivity index (χ3n) is 5.08. The van der Waals surface area contributed by atoms with Crippen molar-refractivity contribution in [2.24, 2.45) is 5.10 Å². The van der Waals surface area contributed by atoms with Crippen LogP contribution in [0.4, 0.5) is 0 Å². The Balaban J connectivity index is 1.63. The Labute approximate surface area is 227 Å². The number of ether oxygens (including phenoxy) is 2. The zero-order valence-electron chi connectivity index (χ0n) is 20.2. The van der Waals surface area contributed by atoms with E-state index in [2.05, 4.69) is 47.7 Å². The molecule has 188 valence electrons. The van der Waals surface area contributed by atoms with Gasteiger partial charge in [0, 0.05) is 4.47 Å². The molecule has 36 heavy (non-hydrogen) atoms. The van der Waals surface area contributed by atoms with Crippen LogP contribution >= 0.6 is 31.9 Å². The molecule has 0 aliphatic carbocycles. The molecule has 1 unspecified atom stereocenters. The molecule has 7 nitrogen and oxygen atoms in total. The van der Waals surface area contributed by atoms with Crippen molar-refractivity contribution in [1.29, 1.82) is 0 Å². The molecule has 2 amide bonds. The SMILES string of the molecule is CCOc1cc(C=NNC(=O)C(C)NC(=O)c2ccccc2Br)cc(Br)c1OCc1ccc(C)cc1. The van der Waals surface area contributed by atoms with Crippen LogP contribution in [0.2, 0.25) is 0 Å². The molecule has 1 atom stereocenters. The standard InChI is InChI=1S/C27H27Br2N3O4/c1-4-35-24-14-20(13-23(29)25(24)36-16-19-11-9-17(2)10-12-19)15-30-32-26(33)18(3)31-27(34)21-7-5-6-8-22(21)28/h5-15,18H,4,16H2,1-3H3,(H,31,34)(H,32,33). The van der Waals surface area contributed by atoms with E-state index in [9.17, 15) is 9.59 Å². The summed E-state index contributed by atoms with van der Waals surface area (Å²) in [7, 11) is 0. The summed E-state index contributed by atoms with van der Waals surface area (Å²) in [5.74, 6) is 0.331. The molecule has 0 saturated heterocycles. The van der Waals surface area contributed by atoms with E-state index in [0.29, 0.717) is 44.8 Å². The zero-order valence-corrected chi connectivity index (χ0v) is 23.4. The highest BCUT2D eigenvalue weighted by Gasteiger charge is 2.18. The fraction of sp³-hybridized carbons (Fsp3) is 0.222. The molecule has 0 saturated carbocycles. The average molecular weight is 617 g/mol. The molecule has 0 spiro atoms. The highest BCUT2D eigenvalue weighted by molar-refractivity contribution is 9.10. The Hall–Kier alpha value is -3.17. The lowest BCUT2D eigenvalue weighted by molar-refractivity contribution is -0.122. The van der Waals surface area contributed by atoms with Crippen molar-refractivity contribution in [3.05, 3.63) is 91.9 Å². The van der Waals surface area contributed by atoms with E-state index in [1.807, 2.05) is 50.2 Å². The van der Waals surface area contributed by atoms with Gasteiger partial charge in [0.05, 0.1) is 22.9 Å². The number of aryl methyl sites for hydroxylation is 1. The summed E-state index contributed by atoms with van der Waals surface area (Å²) in [4.78, 5) is 24.8. The predicted molar refractivity (Wildman–Crippen MR) is 148 cm³/mol. The van der Waals surface area contributed by atoms with Gasteiger partial charge in [-0.25, -0.2) is 5.43 Å². The van der Waals surface area contributed by atoms with E-state index < -0.39 is 11.9 Å². The largest absolute Gasteiger partial charge is 0.490 e. The van der Waals surface area contributed by atoms with Gasteiger partial charge in [-0.2, -0.15) is 5.10 Å². The fourth-order valence-corrected chi connectivity index (χ4v) is 4.20. The third kappa shape index (κ3) is 7.66. The van der Waals surface area contributed by atoms with Crippen molar-refractivity contribution in [1.82, 2.24) is 10.7 Å². The summed E-state index contributed by atoms with van der Waals surface area (Å²) in [5.41, 5.74) is 5.82. The highest BCUT2D eigenvalue weighted by Crippen LogP contribution is 2.37. The van der Waals surface area contributed by atoms with Gasteiger partial charge in [-0.05, 0) is 88.0 Å². The number of hydrazone groups is 1. The third-order valence-corrected chi connectivity index (χ3v) is 6.36. The lowest BCUT2D eigenvalue weighted by Crippen LogP contribution is -2.43. The maximum absolute atomic E-state index is 12.4. The van der Waals surface area contributed by atoms with Crippen molar-refractivity contribution in [3.8, 4) is 11.5 Å². The molecule has 3 aromatic carbocycles. The van der Waals surface area contributed by atoms with Crippen LogP contribution in [0.3, 0.4) is 0 Å². The van der Waals surface area contributed by atoms with E-state index in [-0.39, 0.29) is 5.91 Å². The maximum Gasteiger partial charge on any atom is 0.262 e. The second-order valence-corrected chi connectivity index (χ2v) is 9.66. The Morgan fingerprint density at radius 1 is 1.03 bits per heavy atom. The van der Waals surface area contributed by atoms with Crippen LogP contribution in [0.25, 0.3) is 0 Å². The highest BCUT2D eigenvalue weighted by atomic mass is 79.9. The number of carbonyl (C=O) groups is 2. The molecule has 2 N–H and O–H groups in total. The normalized spacial score (nSPS) is 11.7. The zero-order chi connectivity index (χ0) is 26.1. The van der Waals surface area contributed by atoms with Crippen LogP contribution in [-0.2, 0) is 11.4 Å². The number of nitrogens with one attached hydrogen (secondary N) is 2. The van der Waals surface area contributed by atoms with Crippen molar-refractivity contribution < 1.29 is 19.1 Å². The first kappa shape index (κ1) is 27.4. The summed E-state index contributed by atoms with van der Waals surface area (Å²) >= 11 is 6.88. The van der Waals surface area contributed by atoms with E-state index in [0.717, 1.165) is 5.56 Å². The smallest absolute Gasteiger partial charge is 0.262 e. The Kier molecular flexibility index (Phi) is 10.1. The molecule has 0 aliphatic heterocycles. The number of benzene rings is 3. The number of nitrogens with zero attached hydrogens (tertiary/aromatic N) is 1. The van der Waals surface area contributed by atoms with Gasteiger partial charge in [0.15, 0.2) is 11.5 Å². The van der Waals surface area contributed by atoms with Gasteiger partial charge >= 0.3 is 0 Å². The summed E-state index contributed by atoms with van der Waals surface area (Å²) in [6.45, 7) is 6.37. The summed E-state index contributed by atoms with van der Waals surface area (Å²) in [6, 6.07) is 17.9. The van der Waals surface area contributed by atoms with Crippen LogP contribution in [-0.4, -0.2) is 30.7 Å². The van der Waals surface area contributed by atoms with Gasteiger partial charge in [-0.1, -0.05) is 42.0 Å². The second-order valence-electron chi connectivity index (χ2n) is 7.95. The van der Waals surface area contributed by atoms with Crippen molar-refractivity contribution in [2.45, 2.75) is 33.4 Å². The number of carbonyl (C=O) groups excluding carboxylic acids is 2. The molecule has 0 bridgehead atoms. The Morgan fingerprint density at radius 2 is 1.75 bits per heavy atom. The maximum atomic E-state index is 12.4. The Morgan fingerprint density at radius 3 is 2.44 bits per heavy atom. The number of hydrogen-bond donors (Lipinski definition) is 2. The van der Waals surface area contributed by atoms with E-state index in [4.69, 9.17) is 9.47 Å². The minimum Gasteiger partial charge on any atom is -0.490 e. The molecule has 0 aliphatic rings. The molecular weight excluding hydrogens is 590 g/mol. The van der Waals surface area contributed by atoms with Gasteiger partial charge in [0.25, 0.3) is 11.8 Å². The molecule has 0 aromatic heterocycles. The lowest BCUT2D eigenvalue weighted by atomic mass is 10.1. The van der Waals surface area contributed by atoms with Gasteiger partial charge in [-0.15, -0.1) is 0 Å². The first-order chi connectivity index (χ1) is 17.3. The fourth-order valence-electron chi connectivity index (χ4n) is 3.16. The number of amides is 2. The molecule has 3 aromatic rings. The summed E-state index contributed by atoms with van der Waals surface area (Å²) in [6.07, 6.45) is 1.50. The first-order valence-electron chi connectivity index (χ1n) is 11.3. The van der Waals surface area contributed by atoms with Crippen molar-refractivity contribution in [2.75, 3.05) is 6.61 Å². The quantitative estimate of drug-likeness (QED) is 0.224. The molecule has 3 rings (SSSR count). The number of halogens is 2. The molecule has 9 heteroatoms. The minimum atomic E-state index is -0.787. The van der Waals surface area contributed by atoms with Gasteiger partial charge in [0.1, 0.15) is 12.6 Å². The van der Waals surface area contributed by atoms with E-state index in [1.165, 1.54) is 11.8 Å². The second kappa shape index (κ2) is 13.2. The number of rotatable bonds is 10. The molecule has 0 fully saturated rings. The van der Waals surface area contributed by atoms with E-state index in [1.54, 1.807) is 31.2 Å². The number of hydrogen-bond acceptors (Lipinski definition) is 5. The average Bonchev–Trinajstić information content (AvgIpc) is 2.85. The summed E-state index contributed by atoms with van der Waals surface area (Å²) in [5, 5.41) is 6.69. The van der Waals surface area contributed by atoms with Crippen LogP contribution in [0.5, 0.6) is 11.5 Å². The summed E-state index contributed by atoms with van der Waals surface area (Å²) < 4.78 is 13.1. The Bertz CT molecular complexity index is 1250. The van der Waals surface area contributed by atoms with E-state index >= 15 is 0 Å². The molecular formula is C27H27Br2N3O4. The van der Waals surface area contributed by atoms with Crippen molar-refractivity contribution in [3.63, 3.8) is 0 Å². The molecule has 0 radical (unpaired) electrons. The van der Waals surface area contributed by atoms with Crippen LogP contribution in [0.15, 0.2) is 74.7 Å². The lowest BCUT2D eigenvalue weighted by Gasteiger charge is -2.15. The van der Waals surface area contributed by atoms with Crippen LogP contribution < -0.4 is 20.2 Å². The van der Waals surface area contributed by atoms with Gasteiger partial charge < -0.3 is 14.8 Å². The van der Waals surface area contributed by atoms with Crippen molar-refractivity contribution >= 4 is 49.9 Å². The van der Waals surface area contributed by atoms with Gasteiger partial charge in [0.2, 0.25) is 0 Å². The van der Waals surface area contributed by atoms with Gasteiger partial charge in [-0.3, -0.25) is 9.59 Å². The molecule has 0 heterocycles. The first-order valence-corrected chi connectivity index (χ1v) is 12.9. The minimum absolute atomic E-state index is 0.361. The van der Waals surface area contributed by atoms with Crippen LogP contribution in [0, 0.1) is 6.92 Å². The monoisotopic (exact) mass is 615 g/mol.